The van der Waals surface area contributed by atoms with Crippen molar-refractivity contribution in [2.24, 2.45) is 10.7 Å². The fourth-order valence-electron chi connectivity index (χ4n) is 2.01. The lowest BCUT2D eigenvalue weighted by molar-refractivity contribution is -0.525. The van der Waals surface area contributed by atoms with Gasteiger partial charge in [-0.15, -0.1) is 0 Å². The highest BCUT2D eigenvalue weighted by molar-refractivity contribution is 5.76. The maximum atomic E-state index is 11.3. The summed E-state index contributed by atoms with van der Waals surface area (Å²) in [6, 6.07) is 3.90. The second kappa shape index (κ2) is 9.93. The number of nitro groups is 1. The summed E-state index contributed by atoms with van der Waals surface area (Å²) in [5.74, 6) is -1.05. The van der Waals surface area contributed by atoms with Gasteiger partial charge in [0.05, 0.1) is 7.11 Å². The summed E-state index contributed by atoms with van der Waals surface area (Å²) < 4.78 is 4.99. The molecule has 0 radical (unpaired) electrons. The van der Waals surface area contributed by atoms with E-state index in [1.807, 2.05) is 0 Å². The lowest BCUT2D eigenvalue weighted by Gasteiger charge is -2.14. The number of carbonyl (C=O) groups is 1. The van der Waals surface area contributed by atoms with E-state index in [4.69, 9.17) is 10.5 Å². The van der Waals surface area contributed by atoms with Crippen molar-refractivity contribution < 1.29 is 24.8 Å². The Morgan fingerprint density at radius 2 is 2.24 bits per heavy atom. The molecule has 0 heterocycles. The number of nitrogens with one attached hydrogen (secondary N) is 2. The molecule has 0 bridgehead atoms. The van der Waals surface area contributed by atoms with E-state index in [1.165, 1.54) is 13.2 Å². The van der Waals surface area contributed by atoms with Gasteiger partial charge < -0.3 is 26.0 Å². The molecule has 0 saturated carbocycles. The molecule has 0 aliphatic rings. The molecule has 1 atom stereocenters. The lowest BCUT2D eigenvalue weighted by Crippen LogP contribution is -2.37. The Morgan fingerprint density at radius 3 is 2.84 bits per heavy atom. The molecule has 0 aromatic heterocycles. The first kappa shape index (κ1) is 20.0. The predicted octanol–water partition coefficient (Wildman–Crippen LogP) is -0.180. The standard InChI is InChI=1S/C14H21N5O6/c1-25-12-7-9(4-5-11(12)20)8-17-10(13(21)22)3-2-6-16-14(15)18-19(23)24/h4-5,7,10,17,20H,2-3,6,8H2,1H3,(H,21,22)(H3,15,16,18)/t10-/m0/s1. The van der Waals surface area contributed by atoms with E-state index < -0.39 is 17.0 Å². The predicted molar refractivity (Wildman–Crippen MR) is 88.8 cm³/mol. The number of phenols is 1. The SMILES string of the molecule is COc1cc(CN[C@@H](CCCN=C(N)N[N+](=O)[O-])C(=O)O)ccc1O. The highest BCUT2D eigenvalue weighted by atomic mass is 16.7. The molecule has 0 aliphatic heterocycles. The molecule has 0 fully saturated rings. The van der Waals surface area contributed by atoms with E-state index in [2.05, 4.69) is 10.3 Å². The molecule has 25 heavy (non-hydrogen) atoms. The van der Waals surface area contributed by atoms with Crippen LogP contribution < -0.4 is 21.2 Å². The monoisotopic (exact) mass is 355 g/mol. The molecule has 0 amide bonds. The average molecular weight is 355 g/mol. The first-order valence-corrected chi connectivity index (χ1v) is 7.36. The van der Waals surface area contributed by atoms with Crippen LogP contribution in [0.1, 0.15) is 18.4 Å². The fraction of sp³-hybridized carbons (Fsp3) is 0.429. The van der Waals surface area contributed by atoms with Crippen LogP contribution in [0, 0.1) is 10.1 Å². The van der Waals surface area contributed by atoms with Crippen LogP contribution in [0.2, 0.25) is 0 Å². The maximum Gasteiger partial charge on any atom is 0.320 e. The van der Waals surface area contributed by atoms with Gasteiger partial charge in [-0.25, -0.2) is 15.1 Å². The van der Waals surface area contributed by atoms with Crippen LogP contribution in [-0.2, 0) is 11.3 Å². The third-order valence-corrected chi connectivity index (χ3v) is 3.23. The van der Waals surface area contributed by atoms with Gasteiger partial charge in [-0.1, -0.05) is 11.5 Å². The Kier molecular flexibility index (Phi) is 7.93. The van der Waals surface area contributed by atoms with Crippen molar-refractivity contribution in [2.75, 3.05) is 13.7 Å². The summed E-state index contributed by atoms with van der Waals surface area (Å²) in [5, 5.41) is 31.0. The lowest BCUT2D eigenvalue weighted by atomic mass is 10.1. The summed E-state index contributed by atoms with van der Waals surface area (Å²) in [7, 11) is 1.42. The van der Waals surface area contributed by atoms with E-state index in [-0.39, 0.29) is 31.2 Å². The van der Waals surface area contributed by atoms with Crippen molar-refractivity contribution in [3.63, 3.8) is 0 Å². The Balaban J connectivity index is 2.49. The molecule has 1 rings (SSSR count). The zero-order valence-corrected chi connectivity index (χ0v) is 13.6. The number of hydrogen-bond acceptors (Lipinski definition) is 7. The number of nitrogens with two attached hydrogens (primary N) is 1. The van der Waals surface area contributed by atoms with Crippen molar-refractivity contribution in [1.82, 2.24) is 10.7 Å². The average Bonchev–Trinajstić information content (AvgIpc) is 2.54. The number of aliphatic imine (C=N–C) groups is 1. The van der Waals surface area contributed by atoms with Gasteiger partial charge in [0.15, 0.2) is 16.5 Å². The maximum absolute atomic E-state index is 11.3. The highest BCUT2D eigenvalue weighted by Crippen LogP contribution is 2.26. The van der Waals surface area contributed by atoms with Crippen molar-refractivity contribution in [2.45, 2.75) is 25.4 Å². The smallest absolute Gasteiger partial charge is 0.320 e. The molecule has 0 spiro atoms. The quantitative estimate of drug-likeness (QED) is 0.125. The van der Waals surface area contributed by atoms with Crippen LogP contribution in [0.4, 0.5) is 0 Å². The molecule has 1 aromatic rings. The topological polar surface area (TPSA) is 172 Å². The van der Waals surface area contributed by atoms with Gasteiger partial charge in [-0.05, 0) is 30.5 Å². The molecular weight excluding hydrogens is 334 g/mol. The first-order chi connectivity index (χ1) is 11.8. The molecule has 11 heteroatoms. The van der Waals surface area contributed by atoms with Gasteiger partial charge in [0.25, 0.3) is 5.96 Å². The summed E-state index contributed by atoms with van der Waals surface area (Å²) in [6.07, 6.45) is 0.642. The fourth-order valence-corrected chi connectivity index (χ4v) is 2.01. The van der Waals surface area contributed by atoms with Gasteiger partial charge >= 0.3 is 5.97 Å². The van der Waals surface area contributed by atoms with Crippen molar-refractivity contribution in [3.05, 3.63) is 33.9 Å². The normalized spacial score (nSPS) is 12.4. The molecule has 11 nitrogen and oxygen atoms in total. The minimum Gasteiger partial charge on any atom is -0.504 e. The summed E-state index contributed by atoms with van der Waals surface area (Å²) in [5.41, 5.74) is 7.71. The number of benzene rings is 1. The van der Waals surface area contributed by atoms with Gasteiger partial charge in [-0.3, -0.25) is 4.79 Å². The number of rotatable bonds is 10. The molecule has 1 aromatic carbocycles. The van der Waals surface area contributed by atoms with Crippen LogP contribution >= 0.6 is 0 Å². The molecule has 0 saturated heterocycles. The zero-order chi connectivity index (χ0) is 18.8. The van der Waals surface area contributed by atoms with E-state index in [0.29, 0.717) is 12.2 Å². The molecule has 0 unspecified atom stereocenters. The van der Waals surface area contributed by atoms with Crippen molar-refractivity contribution in [1.29, 1.82) is 0 Å². The summed E-state index contributed by atoms with van der Waals surface area (Å²) in [4.78, 5) is 25.2. The number of methoxy groups -OCH3 is 1. The molecule has 138 valence electrons. The number of nitrogens with zero attached hydrogens (tertiary/aromatic N) is 2. The number of aromatic hydroxyl groups is 1. The summed E-state index contributed by atoms with van der Waals surface area (Å²) >= 11 is 0. The zero-order valence-electron chi connectivity index (χ0n) is 13.6. The van der Waals surface area contributed by atoms with Crippen LogP contribution in [-0.4, -0.2) is 46.9 Å². The Labute approximate surface area is 143 Å². The van der Waals surface area contributed by atoms with Crippen LogP contribution in [0.5, 0.6) is 11.5 Å². The third kappa shape index (κ3) is 7.35. The van der Waals surface area contributed by atoms with E-state index in [1.54, 1.807) is 17.6 Å². The van der Waals surface area contributed by atoms with Crippen LogP contribution in [0.15, 0.2) is 23.2 Å². The molecule has 6 N–H and O–H groups in total. The minimum atomic E-state index is -1.02. The van der Waals surface area contributed by atoms with Gasteiger partial charge in [0.1, 0.15) is 6.04 Å². The van der Waals surface area contributed by atoms with E-state index in [9.17, 15) is 25.1 Å². The number of guanidine groups is 1. The Bertz CT molecular complexity index is 636. The Morgan fingerprint density at radius 1 is 1.52 bits per heavy atom. The number of phenolic OH excluding ortho intramolecular Hbond substituents is 1. The second-order valence-corrected chi connectivity index (χ2v) is 5.06. The number of carboxylic acid groups (broad SMARTS) is 1. The van der Waals surface area contributed by atoms with Crippen LogP contribution in [0.3, 0.4) is 0 Å². The number of carboxylic acids is 1. The van der Waals surface area contributed by atoms with Crippen LogP contribution in [0.25, 0.3) is 0 Å². The van der Waals surface area contributed by atoms with Crippen molar-refractivity contribution in [3.8, 4) is 11.5 Å². The number of aliphatic carboxylic acids is 1. The molecule has 0 aliphatic carbocycles. The third-order valence-electron chi connectivity index (χ3n) is 3.23. The van der Waals surface area contributed by atoms with Gasteiger partial charge in [0.2, 0.25) is 0 Å². The largest absolute Gasteiger partial charge is 0.504 e. The number of hydrazine groups is 1. The number of hydrogen-bond donors (Lipinski definition) is 5. The van der Waals surface area contributed by atoms with E-state index >= 15 is 0 Å². The van der Waals surface area contributed by atoms with E-state index in [0.717, 1.165) is 5.56 Å². The second-order valence-electron chi connectivity index (χ2n) is 5.06. The minimum absolute atomic E-state index is 0.000168. The van der Waals surface area contributed by atoms with Gasteiger partial charge in [0, 0.05) is 13.1 Å². The summed E-state index contributed by atoms with van der Waals surface area (Å²) in [6.45, 7) is 0.424. The molecular formula is C14H21N5O6. The number of ether oxygens (including phenoxy) is 1. The van der Waals surface area contributed by atoms with Crippen molar-refractivity contribution >= 4 is 11.9 Å². The Hall–Kier alpha value is -3.08. The van der Waals surface area contributed by atoms with Gasteiger partial charge in [-0.2, -0.15) is 0 Å². The first-order valence-electron chi connectivity index (χ1n) is 7.36. The highest BCUT2D eigenvalue weighted by Gasteiger charge is 2.16.